The normalized spacial score (nSPS) is 12.0. The molecule has 18 heavy (non-hydrogen) atoms. The Bertz CT molecular complexity index is 387. The molecule has 1 aromatic rings. The van der Waals surface area contributed by atoms with Gasteiger partial charge in [0.2, 0.25) is 5.91 Å². The lowest BCUT2D eigenvalue weighted by molar-refractivity contribution is -0.129. The number of nitrogens with two attached hydrogens (primary N) is 1. The van der Waals surface area contributed by atoms with Crippen LogP contribution < -0.4 is 10.6 Å². The lowest BCUT2D eigenvalue weighted by atomic mass is 10.2. The molecule has 0 bridgehead atoms. The van der Waals surface area contributed by atoms with Crippen LogP contribution in [0.5, 0.6) is 0 Å². The molecule has 4 heteroatoms. The fourth-order valence-corrected chi connectivity index (χ4v) is 1.96. The van der Waals surface area contributed by atoms with Gasteiger partial charge in [-0.3, -0.25) is 4.79 Å². The Morgan fingerprint density at radius 3 is 2.28 bits per heavy atom. The Balaban J connectivity index is 2.94. The molecule has 100 valence electrons. The molecule has 1 unspecified atom stereocenters. The first kappa shape index (κ1) is 14.4. The van der Waals surface area contributed by atoms with Gasteiger partial charge < -0.3 is 15.5 Å². The standard InChI is InChI=1S/C14H23N3O/c1-5-10-17(11(2)14(18)16(3)4)13-8-6-12(15)7-9-13/h6-9,11H,5,10,15H2,1-4H3. The summed E-state index contributed by atoms with van der Waals surface area (Å²) in [5.41, 5.74) is 7.46. The SMILES string of the molecule is CCCN(c1ccc(N)cc1)C(C)C(=O)N(C)C. The summed E-state index contributed by atoms with van der Waals surface area (Å²) < 4.78 is 0. The van der Waals surface area contributed by atoms with Crippen LogP contribution in [0.2, 0.25) is 0 Å². The molecule has 1 rings (SSSR count). The first-order chi connectivity index (χ1) is 8.47. The number of hydrogen-bond donors (Lipinski definition) is 1. The van der Waals surface area contributed by atoms with Gasteiger partial charge in [0.15, 0.2) is 0 Å². The number of hydrogen-bond acceptors (Lipinski definition) is 3. The van der Waals surface area contributed by atoms with E-state index in [1.807, 2.05) is 31.2 Å². The molecule has 0 aliphatic rings. The quantitative estimate of drug-likeness (QED) is 0.812. The summed E-state index contributed by atoms with van der Waals surface area (Å²) in [5.74, 6) is 0.111. The highest BCUT2D eigenvalue weighted by Gasteiger charge is 2.22. The number of anilines is 2. The van der Waals surface area contributed by atoms with E-state index < -0.39 is 0 Å². The predicted molar refractivity (Wildman–Crippen MR) is 76.6 cm³/mol. The van der Waals surface area contributed by atoms with E-state index in [0.717, 1.165) is 24.3 Å². The van der Waals surface area contributed by atoms with E-state index in [2.05, 4.69) is 11.8 Å². The largest absolute Gasteiger partial charge is 0.399 e. The van der Waals surface area contributed by atoms with Gasteiger partial charge in [-0.2, -0.15) is 0 Å². The van der Waals surface area contributed by atoms with Gasteiger partial charge in [0.1, 0.15) is 6.04 Å². The molecule has 2 N–H and O–H groups in total. The molecule has 0 aliphatic heterocycles. The zero-order chi connectivity index (χ0) is 13.7. The van der Waals surface area contributed by atoms with Gasteiger partial charge in [-0.05, 0) is 37.6 Å². The molecular formula is C14H23N3O. The maximum atomic E-state index is 12.1. The molecule has 1 aromatic carbocycles. The van der Waals surface area contributed by atoms with E-state index in [1.54, 1.807) is 19.0 Å². The van der Waals surface area contributed by atoms with E-state index in [9.17, 15) is 4.79 Å². The van der Waals surface area contributed by atoms with E-state index in [1.165, 1.54) is 0 Å². The highest BCUT2D eigenvalue weighted by molar-refractivity contribution is 5.84. The summed E-state index contributed by atoms with van der Waals surface area (Å²) in [6, 6.07) is 7.49. The average Bonchev–Trinajstić information content (AvgIpc) is 2.35. The third kappa shape index (κ3) is 3.39. The Morgan fingerprint density at radius 1 is 1.28 bits per heavy atom. The molecule has 0 saturated carbocycles. The van der Waals surface area contributed by atoms with Crippen LogP contribution in [-0.2, 0) is 4.79 Å². The van der Waals surface area contributed by atoms with Gasteiger partial charge in [0.25, 0.3) is 0 Å². The summed E-state index contributed by atoms with van der Waals surface area (Å²) in [4.78, 5) is 15.8. The summed E-state index contributed by atoms with van der Waals surface area (Å²) in [6.45, 7) is 4.90. The van der Waals surface area contributed by atoms with Gasteiger partial charge >= 0.3 is 0 Å². The van der Waals surface area contributed by atoms with E-state index in [0.29, 0.717) is 0 Å². The predicted octanol–water partition coefficient (Wildman–Crippen LogP) is 1.96. The van der Waals surface area contributed by atoms with Gasteiger partial charge in [0.05, 0.1) is 0 Å². The number of rotatable bonds is 5. The summed E-state index contributed by atoms with van der Waals surface area (Å²) in [5, 5.41) is 0. The zero-order valence-electron chi connectivity index (χ0n) is 11.7. The van der Waals surface area contributed by atoms with Crippen molar-refractivity contribution in [1.29, 1.82) is 0 Å². The first-order valence-electron chi connectivity index (χ1n) is 6.30. The number of likely N-dealkylation sites (N-methyl/N-ethyl adjacent to an activating group) is 1. The molecule has 0 saturated heterocycles. The Hall–Kier alpha value is -1.71. The van der Waals surface area contributed by atoms with Crippen LogP contribution >= 0.6 is 0 Å². The highest BCUT2D eigenvalue weighted by atomic mass is 16.2. The third-order valence-electron chi connectivity index (χ3n) is 2.95. The monoisotopic (exact) mass is 249 g/mol. The molecule has 0 radical (unpaired) electrons. The molecule has 0 spiro atoms. The molecule has 1 atom stereocenters. The Kier molecular flexibility index (Phi) is 5.01. The summed E-state index contributed by atoms with van der Waals surface area (Å²) in [6.07, 6.45) is 0.995. The lowest BCUT2D eigenvalue weighted by Crippen LogP contribution is -2.45. The van der Waals surface area contributed by atoms with Crippen LogP contribution in [0.1, 0.15) is 20.3 Å². The average molecular weight is 249 g/mol. The number of carbonyl (C=O) groups is 1. The maximum Gasteiger partial charge on any atom is 0.244 e. The molecule has 0 heterocycles. The molecule has 4 nitrogen and oxygen atoms in total. The fourth-order valence-electron chi connectivity index (χ4n) is 1.96. The number of carbonyl (C=O) groups excluding carboxylic acids is 1. The van der Waals surface area contributed by atoms with Crippen molar-refractivity contribution in [3.63, 3.8) is 0 Å². The number of amides is 1. The van der Waals surface area contributed by atoms with Crippen molar-refractivity contribution < 1.29 is 4.79 Å². The minimum Gasteiger partial charge on any atom is -0.399 e. The van der Waals surface area contributed by atoms with Crippen LogP contribution in [0, 0.1) is 0 Å². The third-order valence-corrected chi connectivity index (χ3v) is 2.95. The Morgan fingerprint density at radius 2 is 1.83 bits per heavy atom. The van der Waals surface area contributed by atoms with Crippen LogP contribution in [0.3, 0.4) is 0 Å². The summed E-state index contributed by atoms with van der Waals surface area (Å²) in [7, 11) is 3.57. The lowest BCUT2D eigenvalue weighted by Gasteiger charge is -2.31. The van der Waals surface area contributed by atoms with Crippen LogP contribution in [-0.4, -0.2) is 37.5 Å². The number of nitrogen functional groups attached to an aromatic ring is 1. The van der Waals surface area contributed by atoms with Crippen molar-refractivity contribution >= 4 is 17.3 Å². The smallest absolute Gasteiger partial charge is 0.244 e. The molecular weight excluding hydrogens is 226 g/mol. The second-order valence-corrected chi connectivity index (χ2v) is 4.69. The second kappa shape index (κ2) is 6.28. The van der Waals surface area contributed by atoms with Crippen molar-refractivity contribution in [1.82, 2.24) is 4.90 Å². The number of benzene rings is 1. The van der Waals surface area contributed by atoms with Gasteiger partial charge in [0, 0.05) is 32.0 Å². The maximum absolute atomic E-state index is 12.1. The van der Waals surface area contributed by atoms with E-state index in [-0.39, 0.29) is 11.9 Å². The van der Waals surface area contributed by atoms with Gasteiger partial charge in [-0.1, -0.05) is 6.92 Å². The molecule has 0 fully saturated rings. The van der Waals surface area contributed by atoms with Crippen LogP contribution in [0.15, 0.2) is 24.3 Å². The number of nitrogens with zero attached hydrogens (tertiary/aromatic N) is 2. The van der Waals surface area contributed by atoms with Crippen molar-refractivity contribution in [3.8, 4) is 0 Å². The molecule has 0 aliphatic carbocycles. The van der Waals surface area contributed by atoms with Crippen LogP contribution in [0.4, 0.5) is 11.4 Å². The second-order valence-electron chi connectivity index (χ2n) is 4.69. The van der Waals surface area contributed by atoms with E-state index in [4.69, 9.17) is 5.73 Å². The van der Waals surface area contributed by atoms with Crippen molar-refractivity contribution in [3.05, 3.63) is 24.3 Å². The van der Waals surface area contributed by atoms with Crippen molar-refractivity contribution in [2.75, 3.05) is 31.3 Å². The zero-order valence-corrected chi connectivity index (χ0v) is 11.7. The minimum absolute atomic E-state index is 0.111. The summed E-state index contributed by atoms with van der Waals surface area (Å²) >= 11 is 0. The van der Waals surface area contributed by atoms with Crippen LogP contribution in [0.25, 0.3) is 0 Å². The Labute approximate surface area is 109 Å². The molecule has 1 amide bonds. The first-order valence-corrected chi connectivity index (χ1v) is 6.30. The van der Waals surface area contributed by atoms with Crippen molar-refractivity contribution in [2.24, 2.45) is 0 Å². The van der Waals surface area contributed by atoms with Crippen molar-refractivity contribution in [2.45, 2.75) is 26.3 Å². The van der Waals surface area contributed by atoms with Gasteiger partial charge in [-0.25, -0.2) is 0 Å². The topological polar surface area (TPSA) is 49.6 Å². The minimum atomic E-state index is -0.163. The van der Waals surface area contributed by atoms with E-state index >= 15 is 0 Å². The highest BCUT2D eigenvalue weighted by Crippen LogP contribution is 2.19. The molecule has 0 aromatic heterocycles. The van der Waals surface area contributed by atoms with Gasteiger partial charge in [-0.15, -0.1) is 0 Å². The fraction of sp³-hybridized carbons (Fsp3) is 0.500.